The molecule has 0 bridgehead atoms. The largest absolute Gasteiger partial charge is 0.478 e. The second-order valence-electron chi connectivity index (χ2n) is 3.61. The smallest absolute Gasteiger partial charge is 0.328 e. The molecule has 0 saturated heterocycles. The quantitative estimate of drug-likeness (QED) is 0.639. The SMILES string of the molecule is O=C(O)C=Cc1ccc(N2C(=O)C=CC2=O)cc1. The van der Waals surface area contributed by atoms with Crippen molar-refractivity contribution >= 4 is 29.5 Å². The summed E-state index contributed by atoms with van der Waals surface area (Å²) < 4.78 is 0. The molecule has 1 aromatic carbocycles. The van der Waals surface area contributed by atoms with E-state index < -0.39 is 5.97 Å². The van der Waals surface area contributed by atoms with Gasteiger partial charge in [0.1, 0.15) is 0 Å². The molecule has 2 amide bonds. The fourth-order valence-corrected chi connectivity index (χ4v) is 1.56. The molecule has 90 valence electrons. The predicted octanol–water partition coefficient (Wildman–Crippen LogP) is 1.21. The third kappa shape index (κ3) is 2.35. The Hall–Kier alpha value is -2.69. The predicted molar refractivity (Wildman–Crippen MR) is 64.7 cm³/mol. The van der Waals surface area contributed by atoms with Gasteiger partial charge >= 0.3 is 5.97 Å². The zero-order valence-electron chi connectivity index (χ0n) is 9.24. The number of aliphatic carboxylic acids is 1. The molecule has 1 aliphatic rings. The minimum Gasteiger partial charge on any atom is -0.478 e. The summed E-state index contributed by atoms with van der Waals surface area (Å²) in [6, 6.07) is 6.44. The summed E-state index contributed by atoms with van der Waals surface area (Å²) in [6.45, 7) is 0. The fraction of sp³-hybridized carbons (Fsp3) is 0. The van der Waals surface area contributed by atoms with Crippen LogP contribution in [0.4, 0.5) is 5.69 Å². The van der Waals surface area contributed by atoms with Crippen molar-refractivity contribution in [2.45, 2.75) is 0 Å². The average Bonchev–Trinajstić information content (AvgIpc) is 2.67. The first-order chi connectivity index (χ1) is 8.58. The van der Waals surface area contributed by atoms with Crippen LogP contribution >= 0.6 is 0 Å². The van der Waals surface area contributed by atoms with Crippen LogP contribution in [0.2, 0.25) is 0 Å². The van der Waals surface area contributed by atoms with E-state index in [1.165, 1.54) is 18.2 Å². The number of benzene rings is 1. The van der Waals surface area contributed by atoms with Gasteiger partial charge in [-0.1, -0.05) is 12.1 Å². The van der Waals surface area contributed by atoms with E-state index in [9.17, 15) is 14.4 Å². The highest BCUT2D eigenvalue weighted by molar-refractivity contribution is 6.28. The van der Waals surface area contributed by atoms with Crippen molar-refractivity contribution in [3.8, 4) is 0 Å². The number of carbonyl (C=O) groups is 3. The highest BCUT2D eigenvalue weighted by atomic mass is 16.4. The van der Waals surface area contributed by atoms with Crippen LogP contribution < -0.4 is 4.90 Å². The summed E-state index contributed by atoms with van der Waals surface area (Å²) in [5.41, 5.74) is 1.13. The summed E-state index contributed by atoms with van der Waals surface area (Å²) in [5.74, 6) is -1.80. The maximum absolute atomic E-state index is 11.4. The molecule has 0 radical (unpaired) electrons. The van der Waals surface area contributed by atoms with Crippen LogP contribution in [0.15, 0.2) is 42.5 Å². The Morgan fingerprint density at radius 3 is 2.11 bits per heavy atom. The van der Waals surface area contributed by atoms with E-state index in [1.807, 2.05) is 0 Å². The molecule has 1 N–H and O–H groups in total. The molecule has 1 aliphatic heterocycles. The van der Waals surface area contributed by atoms with E-state index in [1.54, 1.807) is 24.3 Å². The van der Waals surface area contributed by atoms with Crippen molar-refractivity contribution in [3.05, 3.63) is 48.1 Å². The number of rotatable bonds is 3. The third-order valence-electron chi connectivity index (χ3n) is 2.38. The van der Waals surface area contributed by atoms with Crippen molar-refractivity contribution < 1.29 is 19.5 Å². The normalized spacial score (nSPS) is 14.8. The van der Waals surface area contributed by atoms with Crippen LogP contribution in [0.5, 0.6) is 0 Å². The van der Waals surface area contributed by atoms with Gasteiger partial charge in [0.15, 0.2) is 0 Å². The van der Waals surface area contributed by atoms with Crippen LogP contribution in [0.3, 0.4) is 0 Å². The van der Waals surface area contributed by atoms with Gasteiger partial charge in [0.25, 0.3) is 11.8 Å². The molecule has 5 nitrogen and oxygen atoms in total. The standard InChI is InChI=1S/C13H9NO4/c15-11-6-7-12(16)14(11)10-4-1-9(2-5-10)3-8-13(17)18/h1-8H,(H,17,18). The van der Waals surface area contributed by atoms with E-state index in [2.05, 4.69) is 0 Å². The van der Waals surface area contributed by atoms with E-state index >= 15 is 0 Å². The highest BCUT2D eigenvalue weighted by Gasteiger charge is 2.24. The molecule has 0 saturated carbocycles. The van der Waals surface area contributed by atoms with Crippen LogP contribution in [0.25, 0.3) is 6.08 Å². The van der Waals surface area contributed by atoms with Gasteiger partial charge in [-0.2, -0.15) is 0 Å². The number of hydrogen-bond acceptors (Lipinski definition) is 3. The van der Waals surface area contributed by atoms with Crippen molar-refractivity contribution in [3.63, 3.8) is 0 Å². The van der Waals surface area contributed by atoms with E-state index in [4.69, 9.17) is 5.11 Å². The number of carboxylic acid groups (broad SMARTS) is 1. The van der Waals surface area contributed by atoms with Gasteiger partial charge in [0, 0.05) is 18.2 Å². The lowest BCUT2D eigenvalue weighted by Crippen LogP contribution is -2.29. The minimum atomic E-state index is -1.03. The van der Waals surface area contributed by atoms with Gasteiger partial charge in [-0.05, 0) is 23.8 Å². The number of anilines is 1. The van der Waals surface area contributed by atoms with Crippen LogP contribution in [-0.2, 0) is 14.4 Å². The van der Waals surface area contributed by atoms with Gasteiger partial charge < -0.3 is 5.11 Å². The zero-order chi connectivity index (χ0) is 13.1. The monoisotopic (exact) mass is 243 g/mol. The van der Waals surface area contributed by atoms with Crippen molar-refractivity contribution in [1.82, 2.24) is 0 Å². The zero-order valence-corrected chi connectivity index (χ0v) is 9.24. The molecule has 1 heterocycles. The molecule has 0 aliphatic carbocycles. The number of nitrogens with zero attached hydrogens (tertiary/aromatic N) is 1. The molecular formula is C13H9NO4. The van der Waals surface area contributed by atoms with Crippen LogP contribution in [-0.4, -0.2) is 22.9 Å². The Kier molecular flexibility index (Phi) is 3.05. The Morgan fingerprint density at radius 1 is 1.06 bits per heavy atom. The van der Waals surface area contributed by atoms with Crippen molar-refractivity contribution in [1.29, 1.82) is 0 Å². The lowest BCUT2D eigenvalue weighted by Gasteiger charge is -2.13. The Bertz CT molecular complexity index is 551. The number of carbonyl (C=O) groups excluding carboxylic acids is 2. The minimum absolute atomic E-state index is 0.381. The number of hydrogen-bond donors (Lipinski definition) is 1. The maximum atomic E-state index is 11.4. The van der Waals surface area contributed by atoms with Gasteiger partial charge in [0.2, 0.25) is 0 Å². The molecule has 0 fully saturated rings. The molecule has 18 heavy (non-hydrogen) atoms. The van der Waals surface area contributed by atoms with Crippen LogP contribution in [0, 0.1) is 0 Å². The summed E-state index contributed by atoms with van der Waals surface area (Å²) in [5, 5.41) is 8.48. The number of imide groups is 1. The summed E-state index contributed by atoms with van der Waals surface area (Å²) in [4.78, 5) is 34.2. The second-order valence-corrected chi connectivity index (χ2v) is 3.61. The lowest BCUT2D eigenvalue weighted by molar-refractivity contribution is -0.131. The number of amides is 2. The van der Waals surface area contributed by atoms with Gasteiger partial charge in [0.05, 0.1) is 5.69 Å². The van der Waals surface area contributed by atoms with Crippen molar-refractivity contribution in [2.75, 3.05) is 4.90 Å². The molecule has 0 atom stereocenters. The topological polar surface area (TPSA) is 74.7 Å². The van der Waals surface area contributed by atoms with E-state index in [0.29, 0.717) is 11.3 Å². The molecule has 5 heteroatoms. The molecule has 2 rings (SSSR count). The molecule has 0 aromatic heterocycles. The first-order valence-electron chi connectivity index (χ1n) is 5.15. The first kappa shape index (κ1) is 11.8. The average molecular weight is 243 g/mol. The molecular weight excluding hydrogens is 234 g/mol. The second kappa shape index (κ2) is 4.67. The molecule has 0 unspecified atom stereocenters. The summed E-state index contributed by atoms with van der Waals surface area (Å²) in [7, 11) is 0. The van der Waals surface area contributed by atoms with Crippen molar-refractivity contribution in [2.24, 2.45) is 0 Å². The third-order valence-corrected chi connectivity index (χ3v) is 2.38. The van der Waals surface area contributed by atoms with Gasteiger partial charge in [-0.25, -0.2) is 9.69 Å². The summed E-state index contributed by atoms with van der Waals surface area (Å²) >= 11 is 0. The summed E-state index contributed by atoms with van der Waals surface area (Å²) in [6.07, 6.45) is 4.86. The van der Waals surface area contributed by atoms with E-state index in [-0.39, 0.29) is 11.8 Å². The highest BCUT2D eigenvalue weighted by Crippen LogP contribution is 2.19. The maximum Gasteiger partial charge on any atom is 0.328 e. The fourth-order valence-electron chi connectivity index (χ4n) is 1.56. The van der Waals surface area contributed by atoms with Crippen LogP contribution in [0.1, 0.15) is 5.56 Å². The van der Waals surface area contributed by atoms with Gasteiger partial charge in [-0.15, -0.1) is 0 Å². The van der Waals surface area contributed by atoms with E-state index in [0.717, 1.165) is 11.0 Å². The lowest BCUT2D eigenvalue weighted by atomic mass is 10.2. The van der Waals surface area contributed by atoms with Gasteiger partial charge in [-0.3, -0.25) is 9.59 Å². The Morgan fingerprint density at radius 2 is 1.61 bits per heavy atom. The molecule has 0 spiro atoms. The first-order valence-corrected chi connectivity index (χ1v) is 5.15. The molecule has 1 aromatic rings. The Balaban J connectivity index is 2.20. The number of carboxylic acids is 1. The Labute approximate surface area is 103 Å².